The van der Waals surface area contributed by atoms with Gasteiger partial charge in [0.15, 0.2) is 0 Å². The Morgan fingerprint density at radius 3 is 2.55 bits per heavy atom. The van der Waals surface area contributed by atoms with Crippen LogP contribution < -0.4 is 10.2 Å². The average molecular weight is 298 g/mol. The van der Waals surface area contributed by atoms with E-state index in [4.69, 9.17) is 11.6 Å². The van der Waals surface area contributed by atoms with Crippen molar-refractivity contribution >= 4 is 23.3 Å². The standard InChI is InChI=1S/C14H17ClFN3O/c15-12-9-11(3-4-13(12)16)18-5-7-19(8-6-18)14(20)17-10-1-2-10/h3-4,9-10H,1-2,5-8H2,(H,17,20). The minimum absolute atomic E-state index is 0.0317. The van der Waals surface area contributed by atoms with Crippen molar-refractivity contribution in [3.8, 4) is 0 Å². The molecule has 4 nitrogen and oxygen atoms in total. The third-order valence-corrected chi connectivity index (χ3v) is 4.03. The van der Waals surface area contributed by atoms with E-state index in [1.54, 1.807) is 12.1 Å². The zero-order chi connectivity index (χ0) is 14.1. The van der Waals surface area contributed by atoms with Crippen molar-refractivity contribution in [2.75, 3.05) is 31.1 Å². The molecule has 2 amide bonds. The van der Waals surface area contributed by atoms with E-state index in [0.29, 0.717) is 19.1 Å². The fourth-order valence-electron chi connectivity index (χ4n) is 2.34. The number of benzene rings is 1. The van der Waals surface area contributed by atoms with E-state index in [1.807, 2.05) is 4.90 Å². The van der Waals surface area contributed by atoms with Crippen LogP contribution in [-0.2, 0) is 0 Å². The van der Waals surface area contributed by atoms with Crippen LogP contribution in [0, 0.1) is 5.82 Å². The normalized spacial score (nSPS) is 19.1. The van der Waals surface area contributed by atoms with E-state index < -0.39 is 5.82 Å². The number of rotatable bonds is 2. The first kappa shape index (κ1) is 13.5. The number of urea groups is 1. The molecule has 1 aliphatic heterocycles. The molecular formula is C14H17ClFN3O. The van der Waals surface area contributed by atoms with Crippen LogP contribution in [0.3, 0.4) is 0 Å². The predicted octanol–water partition coefficient (Wildman–Crippen LogP) is 2.47. The molecule has 0 aromatic heterocycles. The van der Waals surface area contributed by atoms with Crippen molar-refractivity contribution in [2.24, 2.45) is 0 Å². The van der Waals surface area contributed by atoms with Crippen molar-refractivity contribution in [2.45, 2.75) is 18.9 Å². The van der Waals surface area contributed by atoms with Gasteiger partial charge in [-0.05, 0) is 31.0 Å². The maximum absolute atomic E-state index is 13.1. The number of nitrogens with one attached hydrogen (secondary N) is 1. The van der Waals surface area contributed by atoms with Gasteiger partial charge in [-0.2, -0.15) is 0 Å². The molecule has 0 atom stereocenters. The molecule has 1 aromatic rings. The van der Waals surface area contributed by atoms with Gasteiger partial charge in [0.2, 0.25) is 0 Å². The number of amides is 2. The Bertz CT molecular complexity index is 513. The Labute approximate surface area is 122 Å². The summed E-state index contributed by atoms with van der Waals surface area (Å²) in [6.07, 6.45) is 2.19. The number of nitrogens with zero attached hydrogens (tertiary/aromatic N) is 2. The second-order valence-corrected chi connectivity index (χ2v) is 5.70. The predicted molar refractivity (Wildman–Crippen MR) is 76.7 cm³/mol. The van der Waals surface area contributed by atoms with Gasteiger partial charge in [-0.3, -0.25) is 0 Å². The van der Waals surface area contributed by atoms with Crippen LogP contribution in [0.2, 0.25) is 5.02 Å². The fourth-order valence-corrected chi connectivity index (χ4v) is 2.52. The summed E-state index contributed by atoms with van der Waals surface area (Å²) in [5, 5.41) is 3.13. The molecule has 0 spiro atoms. The summed E-state index contributed by atoms with van der Waals surface area (Å²) in [6, 6.07) is 5.16. The maximum atomic E-state index is 13.1. The molecule has 3 rings (SSSR count). The summed E-state index contributed by atoms with van der Waals surface area (Å²) >= 11 is 5.80. The smallest absolute Gasteiger partial charge is 0.317 e. The molecule has 20 heavy (non-hydrogen) atoms. The lowest BCUT2D eigenvalue weighted by Gasteiger charge is -2.36. The number of hydrogen-bond donors (Lipinski definition) is 1. The highest BCUT2D eigenvalue weighted by Gasteiger charge is 2.27. The average Bonchev–Trinajstić information content (AvgIpc) is 3.26. The van der Waals surface area contributed by atoms with E-state index in [2.05, 4.69) is 10.2 Å². The highest BCUT2D eigenvalue weighted by atomic mass is 35.5. The van der Waals surface area contributed by atoms with E-state index in [9.17, 15) is 9.18 Å². The van der Waals surface area contributed by atoms with Gasteiger partial charge in [-0.1, -0.05) is 11.6 Å². The number of carbonyl (C=O) groups excluding carboxylic acids is 1. The van der Waals surface area contributed by atoms with Gasteiger partial charge < -0.3 is 15.1 Å². The van der Waals surface area contributed by atoms with Gasteiger partial charge in [0, 0.05) is 37.9 Å². The number of halogens is 2. The summed E-state index contributed by atoms with van der Waals surface area (Å²) in [7, 11) is 0. The highest BCUT2D eigenvalue weighted by molar-refractivity contribution is 6.31. The topological polar surface area (TPSA) is 35.6 Å². The lowest BCUT2D eigenvalue weighted by atomic mass is 10.2. The van der Waals surface area contributed by atoms with Crippen LogP contribution in [0.15, 0.2) is 18.2 Å². The van der Waals surface area contributed by atoms with E-state index in [-0.39, 0.29) is 11.1 Å². The lowest BCUT2D eigenvalue weighted by Crippen LogP contribution is -2.52. The molecular weight excluding hydrogens is 281 g/mol. The van der Waals surface area contributed by atoms with E-state index >= 15 is 0 Å². The quantitative estimate of drug-likeness (QED) is 0.910. The molecule has 0 bridgehead atoms. The molecule has 1 aliphatic carbocycles. The van der Waals surface area contributed by atoms with Crippen molar-refractivity contribution in [3.05, 3.63) is 29.0 Å². The minimum Gasteiger partial charge on any atom is -0.368 e. The zero-order valence-electron chi connectivity index (χ0n) is 11.1. The SMILES string of the molecule is O=C(NC1CC1)N1CCN(c2ccc(F)c(Cl)c2)CC1. The highest BCUT2D eigenvalue weighted by Crippen LogP contribution is 2.24. The Morgan fingerprint density at radius 2 is 1.95 bits per heavy atom. The zero-order valence-corrected chi connectivity index (χ0v) is 11.9. The number of carbonyl (C=O) groups is 1. The number of hydrogen-bond acceptors (Lipinski definition) is 2. The van der Waals surface area contributed by atoms with Crippen LogP contribution >= 0.6 is 11.6 Å². The molecule has 1 saturated heterocycles. The van der Waals surface area contributed by atoms with Crippen LogP contribution in [0.1, 0.15) is 12.8 Å². The van der Waals surface area contributed by atoms with Gasteiger partial charge in [-0.25, -0.2) is 9.18 Å². The Kier molecular flexibility index (Phi) is 3.70. The third kappa shape index (κ3) is 2.98. The third-order valence-electron chi connectivity index (χ3n) is 3.74. The molecule has 1 N–H and O–H groups in total. The van der Waals surface area contributed by atoms with Gasteiger partial charge in [-0.15, -0.1) is 0 Å². The van der Waals surface area contributed by atoms with E-state index in [0.717, 1.165) is 31.6 Å². The number of anilines is 1. The fraction of sp³-hybridized carbons (Fsp3) is 0.500. The van der Waals surface area contributed by atoms with Crippen molar-refractivity contribution in [3.63, 3.8) is 0 Å². The maximum Gasteiger partial charge on any atom is 0.317 e. The molecule has 1 heterocycles. The second kappa shape index (κ2) is 5.48. The summed E-state index contributed by atoms with van der Waals surface area (Å²) in [4.78, 5) is 15.9. The molecule has 6 heteroatoms. The summed E-state index contributed by atoms with van der Waals surface area (Å²) in [5.41, 5.74) is 0.902. The monoisotopic (exact) mass is 297 g/mol. The van der Waals surface area contributed by atoms with Gasteiger partial charge in [0.05, 0.1) is 5.02 Å². The lowest BCUT2D eigenvalue weighted by molar-refractivity contribution is 0.194. The molecule has 2 fully saturated rings. The molecule has 2 aliphatic rings. The molecule has 1 aromatic carbocycles. The summed E-state index contributed by atoms with van der Waals surface area (Å²) < 4.78 is 13.1. The van der Waals surface area contributed by atoms with Crippen molar-refractivity contribution in [1.29, 1.82) is 0 Å². The molecule has 0 radical (unpaired) electrons. The largest absolute Gasteiger partial charge is 0.368 e. The van der Waals surface area contributed by atoms with Crippen LogP contribution in [0.25, 0.3) is 0 Å². The molecule has 0 unspecified atom stereocenters. The first-order valence-corrected chi connectivity index (χ1v) is 7.27. The Morgan fingerprint density at radius 1 is 1.25 bits per heavy atom. The molecule has 1 saturated carbocycles. The van der Waals surface area contributed by atoms with E-state index in [1.165, 1.54) is 6.07 Å². The molecule has 108 valence electrons. The van der Waals surface area contributed by atoms with Crippen LogP contribution in [0.4, 0.5) is 14.9 Å². The van der Waals surface area contributed by atoms with Crippen LogP contribution in [-0.4, -0.2) is 43.2 Å². The van der Waals surface area contributed by atoms with Crippen molar-refractivity contribution < 1.29 is 9.18 Å². The minimum atomic E-state index is -0.405. The summed E-state index contributed by atoms with van der Waals surface area (Å²) in [5.74, 6) is -0.405. The van der Waals surface area contributed by atoms with Gasteiger partial charge in [0.1, 0.15) is 5.82 Å². The number of piperazine rings is 1. The Balaban J connectivity index is 1.57. The summed E-state index contributed by atoms with van der Waals surface area (Å²) in [6.45, 7) is 2.82. The van der Waals surface area contributed by atoms with Gasteiger partial charge >= 0.3 is 6.03 Å². The van der Waals surface area contributed by atoms with Crippen molar-refractivity contribution in [1.82, 2.24) is 10.2 Å². The Hall–Kier alpha value is -1.49. The van der Waals surface area contributed by atoms with Gasteiger partial charge in [0.25, 0.3) is 0 Å². The van der Waals surface area contributed by atoms with Crippen LogP contribution in [0.5, 0.6) is 0 Å². The second-order valence-electron chi connectivity index (χ2n) is 5.30. The first-order valence-electron chi connectivity index (χ1n) is 6.89. The first-order chi connectivity index (χ1) is 9.63.